The molecule has 0 atom stereocenters. The fourth-order valence-corrected chi connectivity index (χ4v) is 4.09. The van der Waals surface area contributed by atoms with Gasteiger partial charge in [-0.25, -0.2) is 8.42 Å². The van der Waals surface area contributed by atoms with Crippen molar-refractivity contribution in [3.63, 3.8) is 0 Å². The van der Waals surface area contributed by atoms with Crippen LogP contribution in [-0.2, 0) is 14.8 Å². The van der Waals surface area contributed by atoms with Crippen molar-refractivity contribution in [2.75, 3.05) is 23.8 Å². The molecule has 0 bridgehead atoms. The Hall–Kier alpha value is -3.23. The molecule has 3 rings (SSSR count). The first-order valence-corrected chi connectivity index (χ1v) is 11.5. The lowest BCUT2D eigenvalue weighted by Crippen LogP contribution is -2.20. The number of hydrogen-bond donors (Lipinski definition) is 2. The molecule has 0 saturated heterocycles. The van der Waals surface area contributed by atoms with Crippen molar-refractivity contribution >= 4 is 38.9 Å². The van der Waals surface area contributed by atoms with E-state index in [0.29, 0.717) is 27.9 Å². The van der Waals surface area contributed by atoms with Gasteiger partial charge in [0.2, 0.25) is 0 Å². The maximum atomic E-state index is 12.6. The van der Waals surface area contributed by atoms with E-state index in [9.17, 15) is 13.2 Å². The molecule has 0 radical (unpaired) electrons. The Labute approximate surface area is 192 Å². The number of sulfonamides is 1. The Kier molecular flexibility index (Phi) is 7.27. The molecule has 168 valence electrons. The SMILES string of the molecule is COc1ccc(NS(=O)(=O)c2ccc(NC(=O)COc3cc(C)c(Cl)c(C)c3)cc2)cc1. The van der Waals surface area contributed by atoms with Gasteiger partial charge in [-0.1, -0.05) is 11.6 Å². The van der Waals surface area contributed by atoms with Crippen LogP contribution in [0.1, 0.15) is 11.1 Å². The van der Waals surface area contributed by atoms with Crippen LogP contribution in [0.3, 0.4) is 0 Å². The van der Waals surface area contributed by atoms with Crippen molar-refractivity contribution in [1.82, 2.24) is 0 Å². The number of ether oxygens (including phenoxy) is 2. The van der Waals surface area contributed by atoms with Crippen molar-refractivity contribution in [3.05, 3.63) is 76.8 Å². The molecule has 3 aromatic carbocycles. The average Bonchev–Trinajstić information content (AvgIpc) is 2.76. The molecule has 0 aliphatic heterocycles. The van der Waals surface area contributed by atoms with E-state index in [-0.39, 0.29) is 17.4 Å². The number of carbonyl (C=O) groups excluding carboxylic acids is 1. The van der Waals surface area contributed by atoms with Gasteiger partial charge in [0.25, 0.3) is 15.9 Å². The molecule has 32 heavy (non-hydrogen) atoms. The van der Waals surface area contributed by atoms with Gasteiger partial charge in [0.05, 0.1) is 12.0 Å². The van der Waals surface area contributed by atoms with Gasteiger partial charge in [0.15, 0.2) is 6.61 Å². The summed E-state index contributed by atoms with van der Waals surface area (Å²) >= 11 is 6.13. The minimum Gasteiger partial charge on any atom is -0.497 e. The lowest BCUT2D eigenvalue weighted by atomic mass is 10.1. The van der Waals surface area contributed by atoms with Crippen LogP contribution in [0.25, 0.3) is 0 Å². The zero-order valence-corrected chi connectivity index (χ0v) is 19.4. The van der Waals surface area contributed by atoms with Crippen LogP contribution in [-0.4, -0.2) is 28.0 Å². The largest absolute Gasteiger partial charge is 0.497 e. The number of hydrogen-bond acceptors (Lipinski definition) is 5. The number of anilines is 2. The first-order valence-electron chi connectivity index (χ1n) is 9.64. The molecule has 0 unspecified atom stereocenters. The summed E-state index contributed by atoms with van der Waals surface area (Å²) in [6, 6.07) is 15.9. The number of rotatable bonds is 8. The van der Waals surface area contributed by atoms with E-state index in [1.54, 1.807) is 36.4 Å². The lowest BCUT2D eigenvalue weighted by molar-refractivity contribution is -0.118. The third kappa shape index (κ3) is 5.93. The summed E-state index contributed by atoms with van der Waals surface area (Å²) in [4.78, 5) is 12.3. The van der Waals surface area contributed by atoms with Crippen molar-refractivity contribution in [3.8, 4) is 11.5 Å². The van der Waals surface area contributed by atoms with E-state index >= 15 is 0 Å². The molecule has 9 heteroatoms. The summed E-state index contributed by atoms with van der Waals surface area (Å²) in [5, 5.41) is 3.34. The molecule has 0 aliphatic carbocycles. The zero-order chi connectivity index (χ0) is 23.3. The highest BCUT2D eigenvalue weighted by atomic mass is 35.5. The smallest absolute Gasteiger partial charge is 0.262 e. The Balaban J connectivity index is 1.59. The number of benzene rings is 3. The molecule has 0 spiro atoms. The Morgan fingerprint density at radius 2 is 1.47 bits per heavy atom. The highest BCUT2D eigenvalue weighted by Crippen LogP contribution is 2.26. The van der Waals surface area contributed by atoms with Gasteiger partial charge in [-0.05, 0) is 85.6 Å². The molecule has 3 aromatic rings. The molecule has 0 heterocycles. The maximum absolute atomic E-state index is 12.6. The first kappa shape index (κ1) is 23.4. The molecule has 0 fully saturated rings. The third-order valence-corrected chi connectivity index (χ3v) is 6.56. The van der Waals surface area contributed by atoms with Crippen LogP contribution in [0.4, 0.5) is 11.4 Å². The Bertz CT molecular complexity index is 1190. The van der Waals surface area contributed by atoms with E-state index in [4.69, 9.17) is 21.1 Å². The minimum atomic E-state index is -3.78. The number of amides is 1. The molecular formula is C23H23ClN2O5S. The molecule has 1 amide bonds. The predicted molar refractivity (Wildman–Crippen MR) is 125 cm³/mol. The minimum absolute atomic E-state index is 0.0645. The lowest BCUT2D eigenvalue weighted by Gasteiger charge is -2.11. The average molecular weight is 475 g/mol. The molecular weight excluding hydrogens is 452 g/mol. The van der Waals surface area contributed by atoms with Crippen LogP contribution in [0.15, 0.2) is 65.6 Å². The monoisotopic (exact) mass is 474 g/mol. The normalized spacial score (nSPS) is 11.0. The summed E-state index contributed by atoms with van der Waals surface area (Å²) in [6.45, 7) is 3.53. The maximum Gasteiger partial charge on any atom is 0.262 e. The van der Waals surface area contributed by atoms with Crippen molar-refractivity contribution in [2.45, 2.75) is 18.7 Å². The summed E-state index contributed by atoms with van der Waals surface area (Å²) in [6.07, 6.45) is 0. The van der Waals surface area contributed by atoms with Crippen LogP contribution in [0.2, 0.25) is 5.02 Å². The second-order valence-corrected chi connectivity index (χ2v) is 9.13. The number of nitrogens with one attached hydrogen (secondary N) is 2. The summed E-state index contributed by atoms with van der Waals surface area (Å²) in [7, 11) is -2.24. The standard InChI is InChI=1S/C23H23ClN2O5S/c1-15-12-20(13-16(2)23(15)24)31-14-22(27)25-17-6-10-21(11-7-17)32(28,29)26-18-4-8-19(30-3)9-5-18/h4-13,26H,14H2,1-3H3,(H,25,27). The number of aryl methyl sites for hydroxylation is 2. The molecule has 0 saturated carbocycles. The molecule has 0 aromatic heterocycles. The van der Waals surface area contributed by atoms with E-state index < -0.39 is 10.0 Å². The number of halogens is 1. The van der Waals surface area contributed by atoms with Crippen LogP contribution in [0, 0.1) is 13.8 Å². The summed E-state index contributed by atoms with van der Waals surface area (Å²) in [5.41, 5.74) is 2.59. The number of carbonyl (C=O) groups is 1. The fourth-order valence-electron chi connectivity index (χ4n) is 2.93. The summed E-state index contributed by atoms with van der Waals surface area (Å²) in [5.74, 6) is 0.797. The van der Waals surface area contributed by atoms with E-state index in [2.05, 4.69) is 10.0 Å². The predicted octanol–water partition coefficient (Wildman–Crippen LogP) is 4.78. The van der Waals surface area contributed by atoms with Gasteiger partial charge in [-0.2, -0.15) is 0 Å². The van der Waals surface area contributed by atoms with E-state index in [0.717, 1.165) is 11.1 Å². The fraction of sp³-hybridized carbons (Fsp3) is 0.174. The Morgan fingerprint density at radius 1 is 0.906 bits per heavy atom. The second kappa shape index (κ2) is 9.93. The third-order valence-electron chi connectivity index (χ3n) is 4.57. The first-order chi connectivity index (χ1) is 15.2. The second-order valence-electron chi connectivity index (χ2n) is 7.07. The molecule has 0 aliphatic rings. The van der Waals surface area contributed by atoms with Crippen LogP contribution < -0.4 is 19.5 Å². The molecule has 2 N–H and O–H groups in total. The van der Waals surface area contributed by atoms with Gasteiger partial charge in [-0.15, -0.1) is 0 Å². The van der Waals surface area contributed by atoms with Crippen molar-refractivity contribution in [1.29, 1.82) is 0 Å². The zero-order valence-electron chi connectivity index (χ0n) is 17.8. The highest BCUT2D eigenvalue weighted by Gasteiger charge is 2.15. The quantitative estimate of drug-likeness (QED) is 0.490. The van der Waals surface area contributed by atoms with Crippen molar-refractivity contribution in [2.24, 2.45) is 0 Å². The molecule has 7 nitrogen and oxygen atoms in total. The van der Waals surface area contributed by atoms with Gasteiger partial charge < -0.3 is 14.8 Å². The topological polar surface area (TPSA) is 93.7 Å². The van der Waals surface area contributed by atoms with Crippen molar-refractivity contribution < 1.29 is 22.7 Å². The van der Waals surface area contributed by atoms with Gasteiger partial charge >= 0.3 is 0 Å². The van der Waals surface area contributed by atoms with Gasteiger partial charge in [0, 0.05) is 16.4 Å². The van der Waals surface area contributed by atoms with Crippen LogP contribution >= 0.6 is 11.6 Å². The Morgan fingerprint density at radius 3 is 2.03 bits per heavy atom. The summed E-state index contributed by atoms with van der Waals surface area (Å²) < 4.78 is 38.2. The van der Waals surface area contributed by atoms with E-state index in [1.165, 1.54) is 31.4 Å². The van der Waals surface area contributed by atoms with Crippen LogP contribution in [0.5, 0.6) is 11.5 Å². The van der Waals surface area contributed by atoms with Gasteiger partial charge in [-0.3, -0.25) is 9.52 Å². The highest BCUT2D eigenvalue weighted by molar-refractivity contribution is 7.92. The van der Waals surface area contributed by atoms with E-state index in [1.807, 2.05) is 13.8 Å². The van der Waals surface area contributed by atoms with Gasteiger partial charge in [0.1, 0.15) is 11.5 Å². The number of methoxy groups -OCH3 is 1.